The van der Waals surface area contributed by atoms with E-state index in [0.717, 1.165) is 9.13 Å². The molecule has 2 rings (SSSR count). The molecule has 104 valence electrons. The molecule has 20 heavy (non-hydrogen) atoms. The third kappa shape index (κ3) is 3.63. The minimum Gasteiger partial charge on any atom is -0.493 e. The van der Waals surface area contributed by atoms with E-state index in [9.17, 15) is 4.79 Å². The molecule has 0 aromatic heterocycles. The molecule has 5 heteroatoms. The van der Waals surface area contributed by atoms with Gasteiger partial charge in [0, 0.05) is 3.57 Å². The van der Waals surface area contributed by atoms with Gasteiger partial charge in [-0.2, -0.15) is 0 Å². The first-order valence-corrected chi connectivity index (χ1v) is 6.96. The average molecular weight is 384 g/mol. The van der Waals surface area contributed by atoms with Gasteiger partial charge in [-0.05, 0) is 58.5 Å². The molecule has 0 radical (unpaired) electrons. The highest BCUT2D eigenvalue weighted by atomic mass is 127. The summed E-state index contributed by atoms with van der Waals surface area (Å²) in [6.07, 6.45) is 0. The maximum atomic E-state index is 10.9. The van der Waals surface area contributed by atoms with Gasteiger partial charge >= 0.3 is 5.97 Å². The number of carboxylic acids is 1. The molecule has 0 spiro atoms. The Morgan fingerprint density at radius 1 is 1.15 bits per heavy atom. The van der Waals surface area contributed by atoms with Gasteiger partial charge in [0.25, 0.3) is 0 Å². The number of benzene rings is 2. The summed E-state index contributed by atoms with van der Waals surface area (Å²) in [5.41, 5.74) is 1.21. The minimum atomic E-state index is -0.993. The molecule has 0 aliphatic rings. The molecule has 0 heterocycles. The minimum absolute atomic E-state index is 0.170. The summed E-state index contributed by atoms with van der Waals surface area (Å²) in [5, 5.41) is 8.93. The van der Waals surface area contributed by atoms with Gasteiger partial charge in [0.1, 0.15) is 6.61 Å². The molecule has 4 nitrogen and oxygen atoms in total. The van der Waals surface area contributed by atoms with Crippen LogP contribution in [0.15, 0.2) is 42.5 Å². The quantitative estimate of drug-likeness (QED) is 0.801. The Morgan fingerprint density at radius 2 is 1.85 bits per heavy atom. The molecular formula is C15H13IO4. The maximum Gasteiger partial charge on any atom is 0.335 e. The van der Waals surface area contributed by atoms with E-state index in [1.54, 1.807) is 6.07 Å². The smallest absolute Gasteiger partial charge is 0.335 e. The Morgan fingerprint density at radius 3 is 2.45 bits per heavy atom. The Hall–Kier alpha value is -1.76. The summed E-state index contributed by atoms with van der Waals surface area (Å²) in [5.74, 6) is -0.0565. The molecule has 0 aliphatic heterocycles. The number of hydrogen-bond donors (Lipinski definition) is 1. The highest BCUT2D eigenvalue weighted by molar-refractivity contribution is 14.1. The van der Waals surface area contributed by atoms with Crippen molar-refractivity contribution in [2.75, 3.05) is 7.11 Å². The topological polar surface area (TPSA) is 55.8 Å². The largest absolute Gasteiger partial charge is 0.493 e. The zero-order chi connectivity index (χ0) is 14.5. The zero-order valence-electron chi connectivity index (χ0n) is 10.8. The summed E-state index contributed by atoms with van der Waals surface area (Å²) in [7, 11) is 1.48. The standard InChI is InChI=1S/C15H13IO4/c1-19-14-8-11(15(17)18)4-7-13(14)20-9-10-2-5-12(16)6-3-10/h2-8H,9H2,1H3,(H,17,18). The molecule has 2 aromatic rings. The van der Waals surface area contributed by atoms with Crippen molar-refractivity contribution < 1.29 is 19.4 Å². The molecule has 0 saturated carbocycles. The van der Waals surface area contributed by atoms with Crippen molar-refractivity contribution in [1.82, 2.24) is 0 Å². The zero-order valence-corrected chi connectivity index (χ0v) is 13.0. The number of methoxy groups -OCH3 is 1. The molecule has 0 unspecified atom stereocenters. The highest BCUT2D eigenvalue weighted by Gasteiger charge is 2.10. The van der Waals surface area contributed by atoms with Crippen LogP contribution in [0.5, 0.6) is 11.5 Å². The van der Waals surface area contributed by atoms with Crippen LogP contribution >= 0.6 is 22.6 Å². The fraction of sp³-hybridized carbons (Fsp3) is 0.133. The van der Waals surface area contributed by atoms with E-state index in [2.05, 4.69) is 22.6 Å². The first kappa shape index (κ1) is 14.6. The van der Waals surface area contributed by atoms with Gasteiger partial charge in [0.15, 0.2) is 11.5 Å². The molecule has 0 saturated heterocycles. The monoisotopic (exact) mass is 384 g/mol. The van der Waals surface area contributed by atoms with Crippen molar-refractivity contribution in [3.8, 4) is 11.5 Å². The van der Waals surface area contributed by atoms with Crippen molar-refractivity contribution in [3.05, 3.63) is 57.2 Å². The van der Waals surface area contributed by atoms with Crippen LogP contribution in [0.25, 0.3) is 0 Å². The number of carbonyl (C=O) groups is 1. The van der Waals surface area contributed by atoms with Crippen LogP contribution in [0.1, 0.15) is 15.9 Å². The molecule has 1 N–H and O–H groups in total. The van der Waals surface area contributed by atoms with E-state index >= 15 is 0 Å². The van der Waals surface area contributed by atoms with E-state index in [4.69, 9.17) is 14.6 Å². The third-order valence-electron chi connectivity index (χ3n) is 2.72. The number of rotatable bonds is 5. The predicted octanol–water partition coefficient (Wildman–Crippen LogP) is 3.58. The molecular weight excluding hydrogens is 371 g/mol. The van der Waals surface area contributed by atoms with Crippen LogP contribution < -0.4 is 9.47 Å². The molecule has 0 fully saturated rings. The van der Waals surface area contributed by atoms with Gasteiger partial charge in [0.05, 0.1) is 12.7 Å². The summed E-state index contributed by atoms with van der Waals surface area (Å²) in [4.78, 5) is 10.9. The second kappa shape index (κ2) is 6.60. The van der Waals surface area contributed by atoms with E-state index in [0.29, 0.717) is 18.1 Å². The van der Waals surface area contributed by atoms with Gasteiger partial charge in [-0.15, -0.1) is 0 Å². The van der Waals surface area contributed by atoms with E-state index in [1.165, 1.54) is 19.2 Å². The van der Waals surface area contributed by atoms with Crippen molar-refractivity contribution in [3.63, 3.8) is 0 Å². The normalized spacial score (nSPS) is 10.1. The fourth-order valence-electron chi connectivity index (χ4n) is 1.66. The number of carboxylic acid groups (broad SMARTS) is 1. The number of halogens is 1. The van der Waals surface area contributed by atoms with Crippen LogP contribution in [0.2, 0.25) is 0 Å². The summed E-state index contributed by atoms with van der Waals surface area (Å²) in [6.45, 7) is 0.402. The van der Waals surface area contributed by atoms with Crippen LogP contribution in [-0.2, 0) is 6.61 Å². The van der Waals surface area contributed by atoms with Gasteiger partial charge in [-0.25, -0.2) is 4.79 Å². The number of hydrogen-bond acceptors (Lipinski definition) is 3. The maximum absolute atomic E-state index is 10.9. The van der Waals surface area contributed by atoms with Crippen LogP contribution in [0, 0.1) is 3.57 Å². The van der Waals surface area contributed by atoms with Crippen molar-refractivity contribution in [2.45, 2.75) is 6.61 Å². The van der Waals surface area contributed by atoms with Crippen molar-refractivity contribution in [1.29, 1.82) is 0 Å². The highest BCUT2D eigenvalue weighted by Crippen LogP contribution is 2.28. The predicted molar refractivity (Wildman–Crippen MR) is 83.4 cm³/mol. The number of ether oxygens (including phenoxy) is 2. The van der Waals surface area contributed by atoms with Gasteiger partial charge in [-0.1, -0.05) is 12.1 Å². The molecule has 0 atom stereocenters. The Bertz CT molecular complexity index is 608. The van der Waals surface area contributed by atoms with Crippen LogP contribution in [0.3, 0.4) is 0 Å². The Balaban J connectivity index is 2.12. The van der Waals surface area contributed by atoms with Crippen molar-refractivity contribution >= 4 is 28.6 Å². The lowest BCUT2D eigenvalue weighted by molar-refractivity contribution is 0.0696. The lowest BCUT2D eigenvalue weighted by Gasteiger charge is -2.11. The molecule has 0 bridgehead atoms. The average Bonchev–Trinajstić information content (AvgIpc) is 2.46. The van der Waals surface area contributed by atoms with Gasteiger partial charge < -0.3 is 14.6 Å². The SMILES string of the molecule is COc1cc(C(=O)O)ccc1OCc1ccc(I)cc1. The lowest BCUT2D eigenvalue weighted by atomic mass is 10.2. The Kier molecular flexibility index (Phi) is 4.84. The van der Waals surface area contributed by atoms with Crippen LogP contribution in [-0.4, -0.2) is 18.2 Å². The molecule has 0 aliphatic carbocycles. The van der Waals surface area contributed by atoms with Gasteiger partial charge in [-0.3, -0.25) is 0 Å². The first-order chi connectivity index (χ1) is 9.60. The lowest BCUT2D eigenvalue weighted by Crippen LogP contribution is -2.01. The fourth-order valence-corrected chi connectivity index (χ4v) is 2.02. The second-order valence-corrected chi connectivity index (χ2v) is 5.33. The summed E-state index contributed by atoms with van der Waals surface area (Å²) >= 11 is 2.24. The Labute approximate surface area is 130 Å². The number of aromatic carboxylic acids is 1. The molecule has 0 amide bonds. The van der Waals surface area contributed by atoms with Gasteiger partial charge in [0.2, 0.25) is 0 Å². The summed E-state index contributed by atoms with van der Waals surface area (Å²) in [6, 6.07) is 12.5. The third-order valence-corrected chi connectivity index (χ3v) is 3.44. The second-order valence-electron chi connectivity index (χ2n) is 4.09. The summed E-state index contributed by atoms with van der Waals surface area (Å²) < 4.78 is 12.0. The van der Waals surface area contributed by atoms with E-state index in [1.807, 2.05) is 24.3 Å². The van der Waals surface area contributed by atoms with Crippen molar-refractivity contribution in [2.24, 2.45) is 0 Å². The van der Waals surface area contributed by atoms with Crippen LogP contribution in [0.4, 0.5) is 0 Å². The first-order valence-electron chi connectivity index (χ1n) is 5.88. The van der Waals surface area contributed by atoms with E-state index < -0.39 is 5.97 Å². The van der Waals surface area contributed by atoms with E-state index in [-0.39, 0.29) is 5.56 Å². The molecule has 2 aromatic carbocycles.